The fourth-order valence-electron chi connectivity index (χ4n) is 0. The van der Waals surface area contributed by atoms with Crippen molar-refractivity contribution in [2.24, 2.45) is 11.7 Å². The zero-order valence-electron chi connectivity index (χ0n) is 8.37. The van der Waals surface area contributed by atoms with Crippen LogP contribution in [0.3, 0.4) is 0 Å². The largest absolute Gasteiger partial charge is 0.481 e. The van der Waals surface area contributed by atoms with E-state index in [0.29, 0.717) is 0 Å². The second kappa shape index (κ2) is 5.53. The maximum Gasteiger partial charge on any atom is 0.323 e. The van der Waals surface area contributed by atoms with Gasteiger partial charge in [0, 0.05) is 0 Å². The zero-order chi connectivity index (χ0) is 11.2. The van der Waals surface area contributed by atoms with E-state index < -0.39 is 17.5 Å². The Hall–Kier alpha value is -1.10. The molecule has 5 nitrogen and oxygen atoms in total. The summed E-state index contributed by atoms with van der Waals surface area (Å²) in [6, 6.07) is 0. The molecule has 0 aromatic heterocycles. The molecule has 13 heavy (non-hydrogen) atoms. The van der Waals surface area contributed by atoms with E-state index in [-0.39, 0.29) is 5.92 Å². The molecule has 0 atom stereocenters. The van der Waals surface area contributed by atoms with Gasteiger partial charge < -0.3 is 15.9 Å². The topological polar surface area (TPSA) is 101 Å². The Kier molecular flexibility index (Phi) is 6.14. The molecule has 0 rings (SSSR count). The van der Waals surface area contributed by atoms with E-state index in [9.17, 15) is 9.59 Å². The first-order chi connectivity index (χ1) is 5.59. The smallest absolute Gasteiger partial charge is 0.323 e. The summed E-state index contributed by atoms with van der Waals surface area (Å²) in [7, 11) is 0. The average molecular weight is 191 g/mol. The molecule has 0 aliphatic carbocycles. The highest BCUT2D eigenvalue weighted by molar-refractivity contribution is 5.77. The normalized spacial score (nSPS) is 10.3. The van der Waals surface area contributed by atoms with Crippen molar-refractivity contribution in [3.8, 4) is 0 Å². The summed E-state index contributed by atoms with van der Waals surface area (Å²) in [5, 5.41) is 16.1. The summed E-state index contributed by atoms with van der Waals surface area (Å²) in [6.07, 6.45) is 0. The van der Waals surface area contributed by atoms with Crippen LogP contribution in [0.5, 0.6) is 0 Å². The summed E-state index contributed by atoms with van der Waals surface area (Å²) in [4.78, 5) is 19.6. The van der Waals surface area contributed by atoms with Crippen molar-refractivity contribution in [2.75, 3.05) is 0 Å². The van der Waals surface area contributed by atoms with E-state index in [2.05, 4.69) is 0 Å². The molecule has 0 saturated heterocycles. The lowest BCUT2D eigenvalue weighted by Gasteiger charge is -2.09. The SMILES string of the molecule is CC(C)(N)C(=O)O.CC(C)C(=O)O. The van der Waals surface area contributed by atoms with Gasteiger partial charge in [-0.2, -0.15) is 0 Å². The molecule has 0 aliphatic rings. The Morgan fingerprint density at radius 2 is 1.38 bits per heavy atom. The molecule has 0 spiro atoms. The highest BCUT2D eigenvalue weighted by Gasteiger charge is 2.19. The Balaban J connectivity index is 0. The fraction of sp³-hybridized carbons (Fsp3) is 0.750. The van der Waals surface area contributed by atoms with Gasteiger partial charge in [-0.05, 0) is 13.8 Å². The van der Waals surface area contributed by atoms with Crippen molar-refractivity contribution >= 4 is 11.9 Å². The second-order valence-electron chi connectivity index (χ2n) is 3.52. The molecular weight excluding hydrogens is 174 g/mol. The Bertz CT molecular complexity index is 181. The van der Waals surface area contributed by atoms with Gasteiger partial charge in [-0.3, -0.25) is 9.59 Å². The number of nitrogens with two attached hydrogens (primary N) is 1. The number of aliphatic carboxylic acids is 2. The van der Waals surface area contributed by atoms with Crippen molar-refractivity contribution in [1.82, 2.24) is 0 Å². The van der Waals surface area contributed by atoms with E-state index in [4.69, 9.17) is 15.9 Å². The predicted octanol–water partition coefficient (Wildman–Crippen LogP) is 0.535. The van der Waals surface area contributed by atoms with Crippen LogP contribution in [0.2, 0.25) is 0 Å². The predicted molar refractivity (Wildman–Crippen MR) is 48.4 cm³/mol. The van der Waals surface area contributed by atoms with E-state index in [1.54, 1.807) is 13.8 Å². The highest BCUT2D eigenvalue weighted by atomic mass is 16.4. The summed E-state index contributed by atoms with van der Waals surface area (Å²) in [6.45, 7) is 6.16. The molecule has 0 radical (unpaired) electrons. The van der Waals surface area contributed by atoms with Crippen LogP contribution >= 0.6 is 0 Å². The lowest BCUT2D eigenvalue weighted by Crippen LogP contribution is -2.41. The van der Waals surface area contributed by atoms with Crippen LogP contribution in [0.15, 0.2) is 0 Å². The van der Waals surface area contributed by atoms with Gasteiger partial charge in [0.25, 0.3) is 0 Å². The van der Waals surface area contributed by atoms with Crippen molar-refractivity contribution < 1.29 is 19.8 Å². The first kappa shape index (κ1) is 14.4. The van der Waals surface area contributed by atoms with Crippen molar-refractivity contribution in [3.05, 3.63) is 0 Å². The van der Waals surface area contributed by atoms with Crippen LogP contribution in [-0.2, 0) is 9.59 Å². The molecule has 0 aromatic carbocycles. The number of carbonyl (C=O) groups is 2. The van der Waals surface area contributed by atoms with Gasteiger partial charge in [0.05, 0.1) is 5.92 Å². The lowest BCUT2D eigenvalue weighted by atomic mass is 10.1. The van der Waals surface area contributed by atoms with Crippen LogP contribution in [0.4, 0.5) is 0 Å². The molecular formula is C8H17NO4. The molecule has 0 heterocycles. The van der Waals surface area contributed by atoms with E-state index in [0.717, 1.165) is 0 Å². The van der Waals surface area contributed by atoms with Crippen molar-refractivity contribution in [1.29, 1.82) is 0 Å². The summed E-state index contributed by atoms with van der Waals surface area (Å²) >= 11 is 0. The first-order valence-electron chi connectivity index (χ1n) is 3.84. The summed E-state index contributed by atoms with van der Waals surface area (Å²) < 4.78 is 0. The molecule has 0 amide bonds. The highest BCUT2D eigenvalue weighted by Crippen LogP contribution is 1.93. The van der Waals surface area contributed by atoms with Gasteiger partial charge in [0.1, 0.15) is 5.54 Å². The van der Waals surface area contributed by atoms with Gasteiger partial charge in [-0.1, -0.05) is 13.8 Å². The molecule has 0 saturated carbocycles. The number of carboxylic acid groups (broad SMARTS) is 2. The molecule has 4 N–H and O–H groups in total. The van der Waals surface area contributed by atoms with E-state index >= 15 is 0 Å². The minimum absolute atomic E-state index is 0.231. The quantitative estimate of drug-likeness (QED) is 0.591. The van der Waals surface area contributed by atoms with Gasteiger partial charge in [0.2, 0.25) is 0 Å². The maximum absolute atomic E-state index is 9.90. The van der Waals surface area contributed by atoms with Crippen LogP contribution in [0.25, 0.3) is 0 Å². The Morgan fingerprint density at radius 3 is 1.38 bits per heavy atom. The van der Waals surface area contributed by atoms with Crippen LogP contribution in [-0.4, -0.2) is 27.7 Å². The molecule has 78 valence electrons. The number of rotatable bonds is 2. The van der Waals surface area contributed by atoms with E-state index in [1.807, 2.05) is 0 Å². The summed E-state index contributed by atoms with van der Waals surface area (Å²) in [5.41, 5.74) is 4.00. The third-order valence-corrected chi connectivity index (χ3v) is 1.05. The monoisotopic (exact) mass is 191 g/mol. The van der Waals surface area contributed by atoms with Gasteiger partial charge in [-0.15, -0.1) is 0 Å². The Labute approximate surface area is 77.6 Å². The fourth-order valence-corrected chi connectivity index (χ4v) is 0. The number of hydrogen-bond donors (Lipinski definition) is 3. The maximum atomic E-state index is 9.90. The second-order valence-corrected chi connectivity index (χ2v) is 3.52. The first-order valence-corrected chi connectivity index (χ1v) is 3.84. The molecule has 0 aliphatic heterocycles. The van der Waals surface area contributed by atoms with Crippen molar-refractivity contribution in [3.63, 3.8) is 0 Å². The third kappa shape index (κ3) is 10.9. The zero-order valence-corrected chi connectivity index (χ0v) is 8.37. The minimum atomic E-state index is -1.08. The standard InChI is InChI=1S/C4H9NO2.C4H8O2/c1-4(2,5)3(6)7;1-3(2)4(5)6/h5H2,1-2H3,(H,6,7);3H,1-2H3,(H,5,6). The van der Waals surface area contributed by atoms with Crippen LogP contribution in [0, 0.1) is 5.92 Å². The molecule has 0 aromatic rings. The lowest BCUT2D eigenvalue weighted by molar-refractivity contribution is -0.142. The van der Waals surface area contributed by atoms with E-state index in [1.165, 1.54) is 13.8 Å². The molecule has 0 bridgehead atoms. The average Bonchev–Trinajstić information content (AvgIpc) is 1.86. The minimum Gasteiger partial charge on any atom is -0.481 e. The summed E-state index contributed by atoms with van der Waals surface area (Å²) in [5.74, 6) is -1.95. The molecule has 0 fully saturated rings. The van der Waals surface area contributed by atoms with Gasteiger partial charge >= 0.3 is 11.9 Å². The Morgan fingerprint density at radius 1 is 1.23 bits per heavy atom. The van der Waals surface area contributed by atoms with Crippen LogP contribution in [0.1, 0.15) is 27.7 Å². The van der Waals surface area contributed by atoms with Gasteiger partial charge in [0.15, 0.2) is 0 Å². The number of carboxylic acids is 2. The molecule has 0 unspecified atom stereocenters. The van der Waals surface area contributed by atoms with Crippen LogP contribution < -0.4 is 5.73 Å². The van der Waals surface area contributed by atoms with Crippen molar-refractivity contribution in [2.45, 2.75) is 33.2 Å². The molecule has 5 heteroatoms. The van der Waals surface area contributed by atoms with Gasteiger partial charge in [-0.25, -0.2) is 0 Å². The number of hydrogen-bond acceptors (Lipinski definition) is 3. The third-order valence-electron chi connectivity index (χ3n) is 1.05.